The molecule has 0 radical (unpaired) electrons. The van der Waals surface area contributed by atoms with Crippen LogP contribution in [-0.2, 0) is 16.1 Å². The summed E-state index contributed by atoms with van der Waals surface area (Å²) in [5.41, 5.74) is 5.88. The smallest absolute Gasteiger partial charge is 0.231 e. The normalized spacial score (nSPS) is 16.0. The molecule has 10 nitrogen and oxygen atoms in total. The van der Waals surface area contributed by atoms with E-state index in [4.69, 9.17) is 14.7 Å². The largest absolute Gasteiger partial charge is 0.497 e. The van der Waals surface area contributed by atoms with Gasteiger partial charge >= 0.3 is 0 Å². The van der Waals surface area contributed by atoms with Crippen molar-refractivity contribution in [2.75, 3.05) is 45.2 Å². The Labute approximate surface area is 223 Å². The maximum Gasteiger partial charge on any atom is 0.231 e. The first-order valence-corrected chi connectivity index (χ1v) is 12.7. The van der Waals surface area contributed by atoms with Gasteiger partial charge in [0.15, 0.2) is 5.82 Å². The third-order valence-corrected chi connectivity index (χ3v) is 6.26. The number of rotatable bonds is 10. The molecule has 1 unspecified atom stereocenters. The molecular formula is C28H35N7O3. The van der Waals surface area contributed by atoms with Gasteiger partial charge in [0.2, 0.25) is 11.8 Å². The van der Waals surface area contributed by atoms with E-state index in [-0.39, 0.29) is 17.9 Å². The zero-order valence-electron chi connectivity index (χ0n) is 22.1. The number of hydrogen-bond donors (Lipinski definition) is 3. The molecule has 0 saturated carbocycles. The Morgan fingerprint density at radius 2 is 1.74 bits per heavy atom. The first kappa shape index (κ1) is 27.0. The van der Waals surface area contributed by atoms with Crippen molar-refractivity contribution in [1.29, 1.82) is 0 Å². The summed E-state index contributed by atoms with van der Waals surface area (Å²) in [5, 5.41) is 8.06. The van der Waals surface area contributed by atoms with Crippen LogP contribution >= 0.6 is 0 Å². The molecule has 1 fully saturated rings. The number of nitrogens with zero attached hydrogens (tertiary/aromatic N) is 4. The van der Waals surface area contributed by atoms with Gasteiger partial charge in [-0.05, 0) is 17.7 Å². The molecule has 4 rings (SSSR count). The topological polar surface area (TPSA) is 112 Å². The van der Waals surface area contributed by atoms with Crippen LogP contribution in [0.25, 0.3) is 11.4 Å². The molecule has 2 heterocycles. The number of aromatic nitrogens is 2. The van der Waals surface area contributed by atoms with Crippen molar-refractivity contribution in [1.82, 2.24) is 30.6 Å². The average Bonchev–Trinajstić information content (AvgIpc) is 2.92. The molecule has 2 aromatic carbocycles. The molecule has 2 amide bonds. The number of ether oxygens (including phenoxy) is 1. The van der Waals surface area contributed by atoms with Crippen LogP contribution in [-0.4, -0.2) is 71.5 Å². The lowest BCUT2D eigenvalue weighted by Crippen LogP contribution is -2.54. The number of carbonyl (C=O) groups excluding carboxylic acids is 2. The second-order valence-electron chi connectivity index (χ2n) is 9.24. The first-order chi connectivity index (χ1) is 18.4. The zero-order valence-corrected chi connectivity index (χ0v) is 22.1. The Morgan fingerprint density at radius 1 is 0.974 bits per heavy atom. The Morgan fingerprint density at radius 3 is 2.42 bits per heavy atom. The Hall–Kier alpha value is -4.02. The van der Waals surface area contributed by atoms with Crippen molar-refractivity contribution in [2.45, 2.75) is 26.4 Å². The van der Waals surface area contributed by atoms with Gasteiger partial charge in [-0.2, -0.15) is 0 Å². The minimum Gasteiger partial charge on any atom is -0.497 e. The fraction of sp³-hybridized carbons (Fsp3) is 0.357. The molecular weight excluding hydrogens is 482 g/mol. The van der Waals surface area contributed by atoms with Gasteiger partial charge in [-0.25, -0.2) is 15.0 Å². The van der Waals surface area contributed by atoms with Crippen LogP contribution in [0.1, 0.15) is 31.1 Å². The van der Waals surface area contributed by atoms with Gasteiger partial charge in [0.1, 0.15) is 11.6 Å². The van der Waals surface area contributed by atoms with E-state index in [0.717, 1.165) is 30.1 Å². The number of benzene rings is 2. The number of nitrogens with one attached hydrogen (secondary N) is 3. The quantitative estimate of drug-likeness (QED) is 0.352. The van der Waals surface area contributed by atoms with Crippen LogP contribution in [0, 0.1) is 0 Å². The zero-order chi connectivity index (χ0) is 26.9. The molecule has 200 valence electrons. The Balaban J connectivity index is 1.61. The van der Waals surface area contributed by atoms with Gasteiger partial charge in [0, 0.05) is 64.7 Å². The molecule has 1 saturated heterocycles. The van der Waals surface area contributed by atoms with Gasteiger partial charge in [-0.1, -0.05) is 42.5 Å². The monoisotopic (exact) mass is 517 g/mol. The summed E-state index contributed by atoms with van der Waals surface area (Å²) in [5.74, 6) is 1.89. The fourth-order valence-electron chi connectivity index (χ4n) is 4.43. The van der Waals surface area contributed by atoms with Crippen molar-refractivity contribution in [3.8, 4) is 17.1 Å². The highest BCUT2D eigenvalue weighted by atomic mass is 16.5. The van der Waals surface area contributed by atoms with Crippen LogP contribution in [0.5, 0.6) is 5.75 Å². The van der Waals surface area contributed by atoms with Gasteiger partial charge in [0.05, 0.1) is 18.8 Å². The standard InChI is InChI=1S/C28H35N7O3/c1-20(36)29-13-14-30-27-17-25(31-28(32-27)23-7-5-4-6-8-23)26-19-34(15-16-35(26)33-21(2)37)18-22-9-11-24(38-3)12-10-22/h4-12,17,26H,13-16,18-19H2,1-3H3,(H,29,36)(H,33,37)(H,30,31,32). The molecule has 0 spiro atoms. The van der Waals surface area contributed by atoms with E-state index in [1.165, 1.54) is 19.4 Å². The molecule has 1 aliphatic rings. The van der Waals surface area contributed by atoms with E-state index in [2.05, 4.69) is 33.1 Å². The maximum atomic E-state index is 12.0. The highest BCUT2D eigenvalue weighted by molar-refractivity contribution is 5.73. The summed E-state index contributed by atoms with van der Waals surface area (Å²) in [7, 11) is 1.66. The Kier molecular flexibility index (Phi) is 9.23. The predicted octanol–water partition coefficient (Wildman–Crippen LogP) is 2.61. The number of piperazine rings is 1. The highest BCUT2D eigenvalue weighted by Crippen LogP contribution is 2.28. The second-order valence-corrected chi connectivity index (χ2v) is 9.24. The van der Waals surface area contributed by atoms with E-state index >= 15 is 0 Å². The summed E-state index contributed by atoms with van der Waals surface area (Å²) < 4.78 is 5.29. The van der Waals surface area contributed by atoms with Crippen molar-refractivity contribution < 1.29 is 14.3 Å². The van der Waals surface area contributed by atoms with Crippen LogP contribution in [0.4, 0.5) is 5.82 Å². The molecule has 3 N–H and O–H groups in total. The third kappa shape index (κ3) is 7.50. The number of methoxy groups -OCH3 is 1. The maximum absolute atomic E-state index is 12.0. The number of hydrazine groups is 1. The SMILES string of the molecule is COc1ccc(CN2CCN(NC(C)=O)C(c3cc(NCCNC(C)=O)nc(-c4ccccc4)n3)C2)cc1. The second kappa shape index (κ2) is 13.0. The summed E-state index contributed by atoms with van der Waals surface area (Å²) in [6.45, 7) is 6.90. The van der Waals surface area contributed by atoms with Gasteiger partial charge in [-0.3, -0.25) is 19.9 Å². The van der Waals surface area contributed by atoms with Crippen molar-refractivity contribution in [3.05, 3.63) is 71.9 Å². The molecule has 0 bridgehead atoms. The predicted molar refractivity (Wildman–Crippen MR) is 146 cm³/mol. The molecule has 3 aromatic rings. The fourth-order valence-corrected chi connectivity index (χ4v) is 4.43. The summed E-state index contributed by atoms with van der Waals surface area (Å²) in [6.07, 6.45) is 0. The highest BCUT2D eigenvalue weighted by Gasteiger charge is 2.31. The summed E-state index contributed by atoms with van der Waals surface area (Å²) in [6, 6.07) is 19.6. The van der Waals surface area contributed by atoms with Gasteiger partial charge in [0.25, 0.3) is 0 Å². The van der Waals surface area contributed by atoms with Crippen LogP contribution in [0.3, 0.4) is 0 Å². The molecule has 10 heteroatoms. The summed E-state index contributed by atoms with van der Waals surface area (Å²) >= 11 is 0. The molecule has 1 aliphatic heterocycles. The van der Waals surface area contributed by atoms with Crippen LogP contribution in [0.2, 0.25) is 0 Å². The lowest BCUT2D eigenvalue weighted by Gasteiger charge is -2.41. The van der Waals surface area contributed by atoms with Crippen molar-refractivity contribution in [3.63, 3.8) is 0 Å². The van der Waals surface area contributed by atoms with E-state index in [0.29, 0.717) is 37.8 Å². The minimum absolute atomic E-state index is 0.0785. The molecule has 1 aromatic heterocycles. The first-order valence-electron chi connectivity index (χ1n) is 12.7. The molecule has 0 aliphatic carbocycles. The lowest BCUT2D eigenvalue weighted by molar-refractivity contribution is -0.126. The van der Waals surface area contributed by atoms with Crippen LogP contribution < -0.4 is 20.8 Å². The van der Waals surface area contributed by atoms with E-state index in [1.807, 2.05) is 53.5 Å². The average molecular weight is 518 g/mol. The van der Waals surface area contributed by atoms with E-state index < -0.39 is 0 Å². The summed E-state index contributed by atoms with van der Waals surface area (Å²) in [4.78, 5) is 35.4. The van der Waals surface area contributed by atoms with E-state index in [1.54, 1.807) is 7.11 Å². The van der Waals surface area contributed by atoms with E-state index in [9.17, 15) is 9.59 Å². The Bertz CT molecular complexity index is 1220. The molecule has 38 heavy (non-hydrogen) atoms. The number of hydrogen-bond acceptors (Lipinski definition) is 8. The van der Waals surface area contributed by atoms with Crippen LogP contribution in [0.15, 0.2) is 60.7 Å². The van der Waals surface area contributed by atoms with Gasteiger partial charge < -0.3 is 15.4 Å². The third-order valence-electron chi connectivity index (χ3n) is 6.26. The number of anilines is 1. The molecule has 1 atom stereocenters. The number of carbonyl (C=O) groups is 2. The van der Waals surface area contributed by atoms with Gasteiger partial charge in [-0.15, -0.1) is 0 Å². The minimum atomic E-state index is -0.188. The lowest BCUT2D eigenvalue weighted by atomic mass is 10.1. The number of amides is 2. The van der Waals surface area contributed by atoms with Crippen molar-refractivity contribution >= 4 is 17.6 Å². The van der Waals surface area contributed by atoms with Crippen molar-refractivity contribution in [2.24, 2.45) is 0 Å².